The predicted molar refractivity (Wildman–Crippen MR) is 134 cm³/mol. The first-order chi connectivity index (χ1) is 16.0. The molecule has 0 aliphatic carbocycles. The fraction of sp³-hybridized carbons (Fsp3) is 0.148. The van der Waals surface area contributed by atoms with Gasteiger partial charge in [-0.05, 0) is 76.3 Å². The summed E-state index contributed by atoms with van der Waals surface area (Å²) in [5.41, 5.74) is 5.03. The number of fused-ring (bicyclic) bond motifs is 2. The maximum absolute atomic E-state index is 13.4. The minimum Gasteiger partial charge on any atom is -0.466 e. The van der Waals surface area contributed by atoms with Crippen molar-refractivity contribution in [3.05, 3.63) is 94.2 Å². The third-order valence-electron chi connectivity index (χ3n) is 5.74. The van der Waals surface area contributed by atoms with Crippen LogP contribution in [0.1, 0.15) is 18.1 Å². The van der Waals surface area contributed by atoms with Crippen molar-refractivity contribution in [3.63, 3.8) is 0 Å². The summed E-state index contributed by atoms with van der Waals surface area (Å²) in [5, 5.41) is 5.00. The van der Waals surface area contributed by atoms with Crippen molar-refractivity contribution in [3.8, 4) is 11.1 Å². The summed E-state index contributed by atoms with van der Waals surface area (Å²) in [5.74, 6) is -0.505. The molecule has 0 saturated carbocycles. The number of aromatic nitrogens is 1. The van der Waals surface area contributed by atoms with Crippen LogP contribution in [-0.4, -0.2) is 17.1 Å². The zero-order valence-electron chi connectivity index (χ0n) is 18.0. The Labute approximate surface area is 200 Å². The van der Waals surface area contributed by atoms with Gasteiger partial charge in [0.15, 0.2) is 0 Å². The average molecular weight is 478 g/mol. The summed E-state index contributed by atoms with van der Waals surface area (Å²) >= 11 is 7.95. The lowest BCUT2D eigenvalue weighted by Gasteiger charge is -2.08. The molecule has 0 spiro atoms. The van der Waals surface area contributed by atoms with E-state index in [0.29, 0.717) is 18.2 Å². The second-order valence-corrected chi connectivity index (χ2v) is 9.25. The van der Waals surface area contributed by atoms with E-state index in [9.17, 15) is 9.18 Å². The first-order valence-electron chi connectivity index (χ1n) is 10.7. The minimum atomic E-state index is -0.261. The van der Waals surface area contributed by atoms with Crippen molar-refractivity contribution in [1.82, 2.24) is 4.57 Å². The first-order valence-corrected chi connectivity index (χ1v) is 12.0. The van der Waals surface area contributed by atoms with Crippen molar-refractivity contribution < 1.29 is 13.9 Å². The number of esters is 1. The summed E-state index contributed by atoms with van der Waals surface area (Å²) < 4.78 is 22.0. The zero-order valence-corrected chi connectivity index (χ0v) is 19.5. The third kappa shape index (κ3) is 4.39. The van der Waals surface area contributed by atoms with Crippen LogP contribution in [0, 0.1) is 5.82 Å². The molecule has 6 heteroatoms. The average Bonchev–Trinajstić information content (AvgIpc) is 3.35. The molecule has 5 rings (SSSR count). The fourth-order valence-electron chi connectivity index (χ4n) is 4.19. The first kappa shape index (κ1) is 21.7. The van der Waals surface area contributed by atoms with Gasteiger partial charge in [-0.2, -0.15) is 0 Å². The van der Waals surface area contributed by atoms with Crippen molar-refractivity contribution in [1.29, 1.82) is 0 Å². The standard InChI is InChI=1S/C27H21ClFNO2S/c1-2-32-27(31)12-19-14-30(15-20-16-33-26-10-6-21(28)13-24(20)26)25-11-18(5-9-23(19)25)17-3-7-22(29)8-4-17/h3-11,13-14,16H,2,12,15H2,1H3. The molecule has 0 saturated heterocycles. The Morgan fingerprint density at radius 1 is 1.00 bits per heavy atom. The van der Waals surface area contributed by atoms with E-state index in [2.05, 4.69) is 16.0 Å². The Kier molecular flexibility index (Phi) is 5.92. The summed E-state index contributed by atoms with van der Waals surface area (Å²) in [6.07, 6.45) is 2.24. The van der Waals surface area contributed by atoms with E-state index in [1.54, 1.807) is 23.5 Å². The van der Waals surface area contributed by atoms with Crippen LogP contribution in [0.3, 0.4) is 0 Å². The molecule has 2 aromatic heterocycles. The topological polar surface area (TPSA) is 31.2 Å². The largest absolute Gasteiger partial charge is 0.466 e. The van der Waals surface area contributed by atoms with Crippen molar-refractivity contribution in [2.24, 2.45) is 0 Å². The van der Waals surface area contributed by atoms with Gasteiger partial charge in [0.2, 0.25) is 0 Å². The maximum Gasteiger partial charge on any atom is 0.310 e. The molecule has 0 amide bonds. The highest BCUT2D eigenvalue weighted by Gasteiger charge is 2.15. The normalized spacial score (nSPS) is 11.4. The summed E-state index contributed by atoms with van der Waals surface area (Å²) in [6, 6.07) is 18.6. The number of hydrogen-bond acceptors (Lipinski definition) is 3. The van der Waals surface area contributed by atoms with Crippen molar-refractivity contribution >= 4 is 49.9 Å². The molecule has 0 atom stereocenters. The van der Waals surface area contributed by atoms with E-state index in [0.717, 1.165) is 33.0 Å². The zero-order chi connectivity index (χ0) is 22.9. The molecule has 0 unspecified atom stereocenters. The Morgan fingerprint density at radius 3 is 2.58 bits per heavy atom. The maximum atomic E-state index is 13.4. The number of thiophene rings is 1. The summed E-state index contributed by atoms with van der Waals surface area (Å²) in [6.45, 7) is 2.81. The highest BCUT2D eigenvalue weighted by atomic mass is 35.5. The van der Waals surface area contributed by atoms with Gasteiger partial charge in [-0.3, -0.25) is 4.79 Å². The van der Waals surface area contributed by atoms with E-state index in [4.69, 9.17) is 16.3 Å². The van der Waals surface area contributed by atoms with E-state index >= 15 is 0 Å². The molecule has 166 valence electrons. The van der Waals surface area contributed by atoms with Crippen molar-refractivity contribution in [2.45, 2.75) is 19.9 Å². The van der Waals surface area contributed by atoms with Crippen LogP contribution in [0.5, 0.6) is 0 Å². The molecule has 0 aliphatic rings. The SMILES string of the molecule is CCOC(=O)Cc1cn(Cc2csc3ccc(Cl)cc23)c2cc(-c3ccc(F)cc3)ccc12. The van der Waals surface area contributed by atoms with Gasteiger partial charge in [-0.1, -0.05) is 35.9 Å². The lowest BCUT2D eigenvalue weighted by molar-refractivity contribution is -0.142. The summed E-state index contributed by atoms with van der Waals surface area (Å²) in [7, 11) is 0. The van der Waals surface area contributed by atoms with E-state index < -0.39 is 0 Å². The minimum absolute atomic E-state index is 0.212. The van der Waals surface area contributed by atoms with Gasteiger partial charge in [-0.15, -0.1) is 11.3 Å². The number of rotatable bonds is 6. The van der Waals surface area contributed by atoms with E-state index in [1.165, 1.54) is 22.4 Å². The van der Waals surface area contributed by atoms with Crippen molar-refractivity contribution in [2.75, 3.05) is 6.61 Å². The van der Waals surface area contributed by atoms with Gasteiger partial charge < -0.3 is 9.30 Å². The van der Waals surface area contributed by atoms with Gasteiger partial charge in [0, 0.05) is 33.4 Å². The Morgan fingerprint density at radius 2 is 1.79 bits per heavy atom. The predicted octanol–water partition coefficient (Wildman–Crippen LogP) is 7.47. The molecular weight excluding hydrogens is 457 g/mol. The number of nitrogens with zero attached hydrogens (tertiary/aromatic N) is 1. The van der Waals surface area contributed by atoms with E-state index in [1.807, 2.05) is 43.5 Å². The Bertz CT molecular complexity index is 1470. The highest BCUT2D eigenvalue weighted by Crippen LogP contribution is 2.33. The van der Waals surface area contributed by atoms with Gasteiger partial charge >= 0.3 is 5.97 Å². The molecule has 0 aliphatic heterocycles. The second kappa shape index (κ2) is 9.00. The number of halogens is 2. The molecule has 0 fully saturated rings. The van der Waals surface area contributed by atoms with Gasteiger partial charge in [-0.25, -0.2) is 4.39 Å². The third-order valence-corrected chi connectivity index (χ3v) is 6.99. The van der Waals surface area contributed by atoms with E-state index in [-0.39, 0.29) is 18.2 Å². The highest BCUT2D eigenvalue weighted by molar-refractivity contribution is 7.17. The smallest absolute Gasteiger partial charge is 0.310 e. The fourth-order valence-corrected chi connectivity index (χ4v) is 5.30. The molecule has 3 nitrogen and oxygen atoms in total. The summed E-state index contributed by atoms with van der Waals surface area (Å²) in [4.78, 5) is 12.2. The molecule has 0 radical (unpaired) electrons. The molecule has 0 bridgehead atoms. The van der Waals surface area contributed by atoms with Crippen LogP contribution < -0.4 is 0 Å². The molecule has 2 heterocycles. The van der Waals surface area contributed by atoms with Gasteiger partial charge in [0.05, 0.1) is 13.0 Å². The van der Waals surface area contributed by atoms with Crippen LogP contribution in [0.15, 0.2) is 72.2 Å². The number of ether oxygens (including phenoxy) is 1. The monoisotopic (exact) mass is 477 g/mol. The van der Waals surface area contributed by atoms with Crippen LogP contribution in [0.2, 0.25) is 5.02 Å². The molecule has 5 aromatic rings. The van der Waals surface area contributed by atoms with Crippen LogP contribution >= 0.6 is 22.9 Å². The quantitative estimate of drug-likeness (QED) is 0.237. The number of carbonyl (C=O) groups excluding carboxylic acids is 1. The molecule has 33 heavy (non-hydrogen) atoms. The van der Waals surface area contributed by atoms with Gasteiger partial charge in [0.1, 0.15) is 5.82 Å². The van der Waals surface area contributed by atoms with Crippen LogP contribution in [0.25, 0.3) is 32.1 Å². The lowest BCUT2D eigenvalue weighted by atomic mass is 10.0. The van der Waals surface area contributed by atoms with Crippen LogP contribution in [0.4, 0.5) is 4.39 Å². The number of benzene rings is 3. The second-order valence-electron chi connectivity index (χ2n) is 7.90. The number of hydrogen-bond donors (Lipinski definition) is 0. The number of carbonyl (C=O) groups is 1. The Hall–Kier alpha value is -3.15. The Balaban J connectivity index is 1.61. The lowest BCUT2D eigenvalue weighted by Crippen LogP contribution is -2.07. The molecular formula is C27H21ClFNO2S. The molecule has 3 aromatic carbocycles. The molecule has 0 N–H and O–H groups in total. The van der Waals surface area contributed by atoms with Gasteiger partial charge in [0.25, 0.3) is 0 Å². The van der Waals surface area contributed by atoms with Crippen LogP contribution in [-0.2, 0) is 22.5 Å².